The number of carbonyl (C=O) groups is 1. The van der Waals surface area contributed by atoms with E-state index in [2.05, 4.69) is 9.72 Å². The maximum atomic E-state index is 11.5. The molecule has 1 aromatic heterocycles. The molecule has 0 radical (unpaired) electrons. The van der Waals surface area contributed by atoms with Gasteiger partial charge in [-0.1, -0.05) is 11.6 Å². The minimum Gasteiger partial charge on any atom is -0.465 e. The van der Waals surface area contributed by atoms with Crippen molar-refractivity contribution in [2.75, 3.05) is 26.1 Å². The third-order valence-corrected chi connectivity index (χ3v) is 2.23. The molecule has 4 nitrogen and oxygen atoms in total. The van der Waals surface area contributed by atoms with E-state index < -0.39 is 5.97 Å². The first-order valence-electron chi connectivity index (χ1n) is 4.40. The van der Waals surface area contributed by atoms with Gasteiger partial charge in [-0.05, 0) is 13.0 Å². The molecule has 0 saturated carbocycles. The zero-order valence-corrected chi connectivity index (χ0v) is 9.92. The molecule has 0 unspecified atom stereocenters. The van der Waals surface area contributed by atoms with E-state index in [-0.39, 0.29) is 5.15 Å². The average Bonchev–Trinajstić information content (AvgIpc) is 2.15. The number of ether oxygens (including phenoxy) is 1. The Bertz CT molecular complexity index is 391. The summed E-state index contributed by atoms with van der Waals surface area (Å²) in [7, 11) is 4.98. The van der Waals surface area contributed by atoms with Crippen LogP contribution in [-0.2, 0) is 4.74 Å². The zero-order chi connectivity index (χ0) is 11.6. The highest BCUT2D eigenvalue weighted by molar-refractivity contribution is 6.33. The van der Waals surface area contributed by atoms with Crippen LogP contribution in [0.25, 0.3) is 0 Å². The number of carbonyl (C=O) groups excluding carboxylic acids is 1. The lowest BCUT2D eigenvalue weighted by Gasteiger charge is -2.17. The molecular weight excluding hydrogens is 216 g/mol. The van der Waals surface area contributed by atoms with Crippen LogP contribution in [0.15, 0.2) is 6.07 Å². The maximum absolute atomic E-state index is 11.5. The molecule has 0 aromatic carbocycles. The number of halogens is 1. The van der Waals surface area contributed by atoms with Crippen LogP contribution in [0.1, 0.15) is 16.1 Å². The third kappa shape index (κ3) is 2.39. The van der Waals surface area contributed by atoms with Gasteiger partial charge in [0.25, 0.3) is 0 Å². The topological polar surface area (TPSA) is 42.4 Å². The number of esters is 1. The molecule has 1 heterocycles. The highest BCUT2D eigenvalue weighted by Gasteiger charge is 2.19. The number of hydrogen-bond acceptors (Lipinski definition) is 4. The van der Waals surface area contributed by atoms with Crippen LogP contribution in [0.3, 0.4) is 0 Å². The molecule has 0 N–H and O–H groups in total. The fourth-order valence-electron chi connectivity index (χ4n) is 1.26. The summed E-state index contributed by atoms with van der Waals surface area (Å²) in [5.41, 5.74) is 1.77. The number of anilines is 1. The number of hydrogen-bond donors (Lipinski definition) is 0. The van der Waals surface area contributed by atoms with Gasteiger partial charge in [-0.3, -0.25) is 0 Å². The number of methoxy groups -OCH3 is 1. The van der Waals surface area contributed by atoms with E-state index >= 15 is 0 Å². The van der Waals surface area contributed by atoms with E-state index in [4.69, 9.17) is 11.6 Å². The van der Waals surface area contributed by atoms with Crippen molar-refractivity contribution in [2.24, 2.45) is 0 Å². The van der Waals surface area contributed by atoms with E-state index in [1.807, 2.05) is 21.0 Å². The lowest BCUT2D eigenvalue weighted by molar-refractivity contribution is 0.0601. The van der Waals surface area contributed by atoms with E-state index in [1.165, 1.54) is 7.11 Å². The predicted molar refractivity (Wildman–Crippen MR) is 59.7 cm³/mol. The van der Waals surface area contributed by atoms with E-state index in [0.29, 0.717) is 11.3 Å². The summed E-state index contributed by atoms with van der Waals surface area (Å²) in [6, 6.07) is 1.79. The van der Waals surface area contributed by atoms with Gasteiger partial charge in [0.1, 0.15) is 10.7 Å². The molecule has 0 spiro atoms. The Kier molecular flexibility index (Phi) is 3.52. The summed E-state index contributed by atoms with van der Waals surface area (Å²) in [6.45, 7) is 1.82. The summed E-state index contributed by atoms with van der Waals surface area (Å²) in [6.07, 6.45) is 0. The van der Waals surface area contributed by atoms with Crippen molar-refractivity contribution in [1.82, 2.24) is 4.98 Å². The summed E-state index contributed by atoms with van der Waals surface area (Å²) in [5, 5.41) is 0.172. The second kappa shape index (κ2) is 4.49. The van der Waals surface area contributed by atoms with Crippen molar-refractivity contribution >= 4 is 23.3 Å². The molecule has 1 aromatic rings. The smallest absolute Gasteiger partial charge is 0.343 e. The lowest BCUT2D eigenvalue weighted by atomic mass is 10.2. The SMILES string of the molecule is COC(=O)c1c(N(C)C)cc(C)nc1Cl. The molecule has 0 amide bonds. The summed E-state index contributed by atoms with van der Waals surface area (Å²) in [4.78, 5) is 17.3. The van der Waals surface area contributed by atoms with Crippen molar-refractivity contribution < 1.29 is 9.53 Å². The highest BCUT2D eigenvalue weighted by atomic mass is 35.5. The second-order valence-electron chi connectivity index (χ2n) is 3.33. The van der Waals surface area contributed by atoms with Crippen molar-refractivity contribution in [3.05, 3.63) is 22.5 Å². The largest absolute Gasteiger partial charge is 0.465 e. The Labute approximate surface area is 93.8 Å². The third-order valence-electron chi connectivity index (χ3n) is 1.95. The quantitative estimate of drug-likeness (QED) is 0.573. The molecule has 5 heteroatoms. The number of pyridine rings is 1. The van der Waals surface area contributed by atoms with Gasteiger partial charge in [-0.15, -0.1) is 0 Å². The van der Waals surface area contributed by atoms with Crippen LogP contribution in [0.5, 0.6) is 0 Å². The molecule has 0 bridgehead atoms. The predicted octanol–water partition coefficient (Wildman–Crippen LogP) is 1.90. The molecule has 15 heavy (non-hydrogen) atoms. The molecular formula is C10H13ClN2O2. The molecule has 0 atom stereocenters. The van der Waals surface area contributed by atoms with Crippen LogP contribution < -0.4 is 4.90 Å². The molecule has 0 saturated heterocycles. The summed E-state index contributed by atoms with van der Waals surface area (Å²) >= 11 is 5.91. The number of nitrogens with zero attached hydrogens (tertiary/aromatic N) is 2. The standard InChI is InChI=1S/C10H13ClN2O2/c1-6-5-7(13(2)3)8(9(11)12-6)10(14)15-4/h5H,1-4H3. The first-order chi connectivity index (χ1) is 6.97. The van der Waals surface area contributed by atoms with Crippen molar-refractivity contribution in [1.29, 1.82) is 0 Å². The summed E-state index contributed by atoms with van der Waals surface area (Å²) in [5.74, 6) is -0.476. The number of aromatic nitrogens is 1. The van der Waals surface area contributed by atoms with Crippen LogP contribution >= 0.6 is 11.6 Å². The van der Waals surface area contributed by atoms with E-state index in [9.17, 15) is 4.79 Å². The number of rotatable bonds is 2. The zero-order valence-electron chi connectivity index (χ0n) is 9.17. The molecule has 1 rings (SSSR count). The van der Waals surface area contributed by atoms with Crippen molar-refractivity contribution in [3.63, 3.8) is 0 Å². The van der Waals surface area contributed by atoms with Gasteiger partial charge in [-0.2, -0.15) is 0 Å². The van der Waals surface area contributed by atoms with Gasteiger partial charge in [-0.25, -0.2) is 9.78 Å². The Balaban J connectivity index is 3.40. The first-order valence-corrected chi connectivity index (χ1v) is 4.78. The van der Waals surface area contributed by atoms with Gasteiger partial charge in [0, 0.05) is 19.8 Å². The molecule has 82 valence electrons. The Hall–Kier alpha value is -1.29. The highest BCUT2D eigenvalue weighted by Crippen LogP contribution is 2.26. The molecule has 0 aliphatic rings. The van der Waals surface area contributed by atoms with E-state index in [1.54, 1.807) is 11.0 Å². The van der Waals surface area contributed by atoms with Gasteiger partial charge >= 0.3 is 5.97 Å². The normalized spacial score (nSPS) is 9.93. The van der Waals surface area contributed by atoms with Crippen molar-refractivity contribution in [2.45, 2.75) is 6.92 Å². The van der Waals surface area contributed by atoms with Gasteiger partial charge in [0.2, 0.25) is 0 Å². The van der Waals surface area contributed by atoms with Gasteiger partial charge in [0.15, 0.2) is 0 Å². The average molecular weight is 229 g/mol. The van der Waals surface area contributed by atoms with E-state index in [0.717, 1.165) is 5.69 Å². The van der Waals surface area contributed by atoms with Crippen LogP contribution in [0, 0.1) is 6.92 Å². The van der Waals surface area contributed by atoms with Gasteiger partial charge < -0.3 is 9.64 Å². The molecule has 0 aliphatic carbocycles. The summed E-state index contributed by atoms with van der Waals surface area (Å²) < 4.78 is 4.66. The molecule has 0 aliphatic heterocycles. The Morgan fingerprint density at radius 1 is 1.53 bits per heavy atom. The van der Waals surface area contributed by atoms with Crippen LogP contribution in [0.2, 0.25) is 5.15 Å². The van der Waals surface area contributed by atoms with Gasteiger partial charge in [0.05, 0.1) is 12.8 Å². The second-order valence-corrected chi connectivity index (χ2v) is 3.69. The maximum Gasteiger partial charge on any atom is 0.343 e. The van der Waals surface area contributed by atoms with Crippen LogP contribution in [0.4, 0.5) is 5.69 Å². The fraction of sp³-hybridized carbons (Fsp3) is 0.400. The fourth-order valence-corrected chi connectivity index (χ4v) is 1.57. The minimum absolute atomic E-state index is 0.172. The van der Waals surface area contributed by atoms with Crippen molar-refractivity contribution in [3.8, 4) is 0 Å². The van der Waals surface area contributed by atoms with Crippen LogP contribution in [-0.4, -0.2) is 32.2 Å². The lowest BCUT2D eigenvalue weighted by Crippen LogP contribution is -2.16. The first kappa shape index (κ1) is 11.8. The minimum atomic E-state index is -0.476. The molecule has 0 fully saturated rings. The Morgan fingerprint density at radius 2 is 2.13 bits per heavy atom. The monoisotopic (exact) mass is 228 g/mol. The Morgan fingerprint density at radius 3 is 2.60 bits per heavy atom. The number of aryl methyl sites for hydroxylation is 1.